The first-order valence-corrected chi connectivity index (χ1v) is 13.4. The highest BCUT2D eigenvalue weighted by molar-refractivity contribution is 7.92. The number of nitrogens with zero attached hydrogens (tertiary/aromatic N) is 2. The summed E-state index contributed by atoms with van der Waals surface area (Å²) in [4.78, 5) is 27.6. The van der Waals surface area contributed by atoms with E-state index >= 15 is 0 Å². The standard InChI is InChI=1S/C27H26F3N3O4S/c1-19-11-13-22(14-12-19)38(36,37)33(21-8-6-7-20(17-21)27(28,29)30)18-25(34)31-24-10-3-2-9-23(24)26(35)32-15-4-5-16-32/h2-3,6-14,17H,4-5,15-16,18H2,1H3,(H,31,34). The van der Waals surface area contributed by atoms with Gasteiger partial charge in [0, 0.05) is 13.1 Å². The zero-order valence-corrected chi connectivity index (χ0v) is 21.3. The Morgan fingerprint density at radius 2 is 1.61 bits per heavy atom. The van der Waals surface area contributed by atoms with E-state index in [0.29, 0.717) is 23.5 Å². The van der Waals surface area contributed by atoms with Crippen molar-refractivity contribution in [3.63, 3.8) is 0 Å². The van der Waals surface area contributed by atoms with Gasteiger partial charge < -0.3 is 10.2 Å². The first-order chi connectivity index (χ1) is 18.0. The molecule has 1 saturated heterocycles. The number of anilines is 2. The predicted molar refractivity (Wildman–Crippen MR) is 137 cm³/mol. The van der Waals surface area contributed by atoms with Crippen LogP contribution in [0.3, 0.4) is 0 Å². The number of nitrogens with one attached hydrogen (secondary N) is 1. The molecule has 3 aromatic rings. The Bertz CT molecular complexity index is 1430. The number of carbonyl (C=O) groups excluding carboxylic acids is 2. The van der Waals surface area contributed by atoms with Crippen LogP contribution in [0.2, 0.25) is 0 Å². The van der Waals surface area contributed by atoms with Gasteiger partial charge in [-0.1, -0.05) is 35.9 Å². The molecule has 4 rings (SSSR count). The van der Waals surface area contributed by atoms with Gasteiger partial charge in [-0.3, -0.25) is 13.9 Å². The number of sulfonamides is 1. The maximum Gasteiger partial charge on any atom is 0.416 e. The molecule has 200 valence electrons. The molecule has 0 radical (unpaired) electrons. The molecular weight excluding hydrogens is 519 g/mol. The molecule has 1 aliphatic rings. The van der Waals surface area contributed by atoms with Crippen LogP contribution in [-0.4, -0.2) is 44.8 Å². The Kier molecular flexibility index (Phi) is 7.77. The van der Waals surface area contributed by atoms with E-state index in [1.165, 1.54) is 24.3 Å². The molecule has 0 spiro atoms. The molecule has 1 N–H and O–H groups in total. The van der Waals surface area contributed by atoms with Gasteiger partial charge in [-0.15, -0.1) is 0 Å². The number of benzene rings is 3. The lowest BCUT2D eigenvalue weighted by atomic mass is 10.1. The maximum absolute atomic E-state index is 13.5. The van der Waals surface area contributed by atoms with E-state index in [9.17, 15) is 31.2 Å². The van der Waals surface area contributed by atoms with Gasteiger partial charge in [0.15, 0.2) is 0 Å². The summed E-state index contributed by atoms with van der Waals surface area (Å²) in [6, 6.07) is 15.9. The molecule has 0 bridgehead atoms. The Morgan fingerprint density at radius 3 is 2.26 bits per heavy atom. The van der Waals surface area contributed by atoms with E-state index in [0.717, 1.165) is 30.5 Å². The lowest BCUT2D eigenvalue weighted by molar-refractivity contribution is -0.137. The molecular formula is C27H26F3N3O4S. The molecule has 0 unspecified atom stereocenters. The van der Waals surface area contributed by atoms with Crippen LogP contribution in [-0.2, 0) is 21.0 Å². The Hall–Kier alpha value is -3.86. The van der Waals surface area contributed by atoms with E-state index in [1.54, 1.807) is 42.2 Å². The van der Waals surface area contributed by atoms with Gasteiger partial charge in [0.1, 0.15) is 6.54 Å². The largest absolute Gasteiger partial charge is 0.416 e. The van der Waals surface area contributed by atoms with E-state index in [4.69, 9.17) is 0 Å². The Morgan fingerprint density at radius 1 is 0.947 bits per heavy atom. The zero-order chi connectivity index (χ0) is 27.5. The van der Waals surface area contributed by atoms with Crippen molar-refractivity contribution in [1.29, 1.82) is 0 Å². The van der Waals surface area contributed by atoms with Gasteiger partial charge >= 0.3 is 6.18 Å². The Labute approximate surface area is 218 Å². The summed E-state index contributed by atoms with van der Waals surface area (Å²) in [6.45, 7) is 2.14. The van der Waals surface area contributed by atoms with Gasteiger partial charge in [0.25, 0.3) is 15.9 Å². The van der Waals surface area contributed by atoms with E-state index < -0.39 is 34.2 Å². The van der Waals surface area contributed by atoms with Gasteiger partial charge in [-0.2, -0.15) is 13.2 Å². The molecule has 11 heteroatoms. The normalized spacial score (nSPS) is 13.8. The van der Waals surface area contributed by atoms with Crippen LogP contribution in [0.4, 0.5) is 24.5 Å². The highest BCUT2D eigenvalue weighted by Crippen LogP contribution is 2.33. The summed E-state index contributed by atoms with van der Waals surface area (Å²) in [7, 11) is -4.43. The lowest BCUT2D eigenvalue weighted by Gasteiger charge is -2.25. The van der Waals surface area contributed by atoms with Gasteiger partial charge in [0.05, 0.1) is 27.4 Å². The zero-order valence-electron chi connectivity index (χ0n) is 20.5. The van der Waals surface area contributed by atoms with Crippen molar-refractivity contribution in [2.24, 2.45) is 0 Å². The van der Waals surface area contributed by atoms with Crippen LogP contribution < -0.4 is 9.62 Å². The first-order valence-electron chi connectivity index (χ1n) is 11.9. The minimum atomic E-state index is -4.72. The van der Waals surface area contributed by atoms with E-state index in [-0.39, 0.29) is 27.7 Å². The molecule has 38 heavy (non-hydrogen) atoms. The molecule has 0 aromatic heterocycles. The van der Waals surface area contributed by atoms with Crippen molar-refractivity contribution in [1.82, 2.24) is 4.90 Å². The smallest absolute Gasteiger partial charge is 0.339 e. The number of rotatable bonds is 7. The van der Waals surface area contributed by atoms with Crippen LogP contribution in [0, 0.1) is 6.92 Å². The van der Waals surface area contributed by atoms with Gasteiger partial charge in [0.2, 0.25) is 5.91 Å². The second-order valence-corrected chi connectivity index (χ2v) is 10.8. The predicted octanol–water partition coefficient (Wildman–Crippen LogP) is 5.08. The van der Waals surface area contributed by atoms with Gasteiger partial charge in [-0.25, -0.2) is 8.42 Å². The third kappa shape index (κ3) is 5.99. The van der Waals surface area contributed by atoms with Crippen LogP contribution in [0.25, 0.3) is 0 Å². The van der Waals surface area contributed by atoms with Crippen LogP contribution in [0.1, 0.15) is 34.3 Å². The van der Waals surface area contributed by atoms with Crippen molar-refractivity contribution in [3.05, 3.63) is 89.5 Å². The fourth-order valence-corrected chi connectivity index (χ4v) is 5.59. The minimum absolute atomic E-state index is 0.182. The molecule has 1 heterocycles. The summed E-state index contributed by atoms with van der Waals surface area (Å²) in [5.74, 6) is -1.08. The number of aryl methyl sites for hydroxylation is 1. The summed E-state index contributed by atoms with van der Waals surface area (Å²) < 4.78 is 68.0. The van der Waals surface area contributed by atoms with Crippen LogP contribution in [0.5, 0.6) is 0 Å². The SMILES string of the molecule is Cc1ccc(S(=O)(=O)N(CC(=O)Nc2ccccc2C(=O)N2CCCC2)c2cccc(C(F)(F)F)c2)cc1. The molecule has 2 amide bonds. The number of carbonyl (C=O) groups is 2. The third-order valence-corrected chi connectivity index (χ3v) is 7.97. The first kappa shape index (κ1) is 27.2. The van der Waals surface area contributed by atoms with E-state index in [2.05, 4.69) is 5.32 Å². The van der Waals surface area contributed by atoms with Crippen molar-refractivity contribution >= 4 is 33.2 Å². The van der Waals surface area contributed by atoms with Crippen molar-refractivity contribution in [3.8, 4) is 0 Å². The van der Waals surface area contributed by atoms with Gasteiger partial charge in [-0.05, 0) is 62.2 Å². The number of hydrogen-bond acceptors (Lipinski definition) is 4. The van der Waals surface area contributed by atoms with Crippen LogP contribution in [0.15, 0.2) is 77.7 Å². The highest BCUT2D eigenvalue weighted by Gasteiger charge is 2.33. The molecule has 7 nitrogen and oxygen atoms in total. The number of halogens is 3. The fraction of sp³-hybridized carbons (Fsp3) is 0.259. The maximum atomic E-state index is 13.5. The van der Waals surface area contributed by atoms with Crippen molar-refractivity contribution in [2.75, 3.05) is 29.3 Å². The topological polar surface area (TPSA) is 86.8 Å². The molecule has 3 aromatic carbocycles. The molecule has 1 fully saturated rings. The Balaban J connectivity index is 1.67. The second kappa shape index (κ2) is 10.9. The number of para-hydroxylation sites is 1. The average molecular weight is 546 g/mol. The average Bonchev–Trinajstić information content (AvgIpc) is 3.42. The molecule has 1 aliphatic heterocycles. The quantitative estimate of drug-likeness (QED) is 0.449. The third-order valence-electron chi connectivity index (χ3n) is 6.18. The summed E-state index contributed by atoms with van der Waals surface area (Å²) >= 11 is 0. The van der Waals surface area contributed by atoms with Crippen molar-refractivity contribution < 1.29 is 31.2 Å². The van der Waals surface area contributed by atoms with E-state index in [1.807, 2.05) is 0 Å². The lowest BCUT2D eigenvalue weighted by Crippen LogP contribution is -2.38. The molecule has 0 aliphatic carbocycles. The minimum Gasteiger partial charge on any atom is -0.339 e. The number of hydrogen-bond donors (Lipinski definition) is 1. The second-order valence-electron chi connectivity index (χ2n) is 8.97. The van der Waals surface area contributed by atoms with Crippen LogP contribution >= 0.6 is 0 Å². The summed E-state index contributed by atoms with van der Waals surface area (Å²) in [5, 5.41) is 2.58. The number of alkyl halides is 3. The molecule has 0 saturated carbocycles. The van der Waals surface area contributed by atoms with Crippen molar-refractivity contribution in [2.45, 2.75) is 30.8 Å². The number of likely N-dealkylation sites (tertiary alicyclic amines) is 1. The fourth-order valence-electron chi connectivity index (χ4n) is 4.18. The monoisotopic (exact) mass is 545 g/mol. The summed E-state index contributed by atoms with van der Waals surface area (Å²) in [6.07, 6.45) is -2.96. The number of amides is 2. The molecule has 0 atom stereocenters. The summed E-state index contributed by atoms with van der Waals surface area (Å²) in [5.41, 5.74) is -0.162. The highest BCUT2D eigenvalue weighted by atomic mass is 32.2.